The molecular weight excluding hydrogens is 311 g/mol. The Morgan fingerprint density at radius 2 is 2.21 bits per heavy atom. The van der Waals surface area contributed by atoms with Crippen LogP contribution in [0.25, 0.3) is 0 Å². The normalized spacial score (nSPS) is 19.8. The summed E-state index contributed by atoms with van der Waals surface area (Å²) in [5, 5.41) is 0. The minimum atomic E-state index is -0.340. The molecule has 104 valence electrons. The van der Waals surface area contributed by atoms with Crippen LogP contribution < -0.4 is 0 Å². The number of carbonyl (C=O) groups is 1. The molecule has 0 saturated carbocycles. The maximum Gasteiger partial charge on any atom is 0.255 e. The van der Waals surface area contributed by atoms with Crippen molar-refractivity contribution in [2.24, 2.45) is 0 Å². The Balaban J connectivity index is 2.15. The standard InChI is InChI=1S/C14H18BrFN2O/c1-17(2)11-4-3-7-18(9-11)14(19)12-6-5-10(16)8-13(12)15/h5-6,8,11H,3-4,7,9H2,1-2H3/t11-/m1/s1. The number of nitrogens with zero attached hydrogens (tertiary/aromatic N) is 2. The van der Waals surface area contributed by atoms with Crippen molar-refractivity contribution in [2.45, 2.75) is 18.9 Å². The lowest BCUT2D eigenvalue weighted by Gasteiger charge is -2.36. The second-order valence-electron chi connectivity index (χ2n) is 5.13. The Kier molecular flexibility index (Phi) is 4.58. The average molecular weight is 329 g/mol. The number of likely N-dealkylation sites (N-methyl/N-ethyl adjacent to an activating group) is 1. The molecule has 0 N–H and O–H groups in total. The van der Waals surface area contributed by atoms with Crippen molar-refractivity contribution >= 4 is 21.8 Å². The van der Waals surface area contributed by atoms with E-state index in [0.29, 0.717) is 16.1 Å². The maximum absolute atomic E-state index is 13.1. The molecule has 1 atom stereocenters. The van der Waals surface area contributed by atoms with Crippen LogP contribution in [-0.4, -0.2) is 48.9 Å². The number of hydrogen-bond acceptors (Lipinski definition) is 2. The third kappa shape index (κ3) is 3.34. The van der Waals surface area contributed by atoms with Gasteiger partial charge in [-0.15, -0.1) is 0 Å². The topological polar surface area (TPSA) is 23.6 Å². The van der Waals surface area contributed by atoms with Crippen molar-refractivity contribution < 1.29 is 9.18 Å². The Hall–Kier alpha value is -0.940. The summed E-state index contributed by atoms with van der Waals surface area (Å²) in [4.78, 5) is 16.5. The highest BCUT2D eigenvalue weighted by Gasteiger charge is 2.26. The fraction of sp³-hybridized carbons (Fsp3) is 0.500. The van der Waals surface area contributed by atoms with Crippen LogP contribution in [0.3, 0.4) is 0 Å². The van der Waals surface area contributed by atoms with E-state index in [-0.39, 0.29) is 11.7 Å². The smallest absolute Gasteiger partial charge is 0.255 e. The monoisotopic (exact) mass is 328 g/mol. The van der Waals surface area contributed by atoms with Gasteiger partial charge in [-0.2, -0.15) is 0 Å². The summed E-state index contributed by atoms with van der Waals surface area (Å²) >= 11 is 3.26. The van der Waals surface area contributed by atoms with Gasteiger partial charge in [0.25, 0.3) is 5.91 Å². The van der Waals surface area contributed by atoms with Crippen molar-refractivity contribution in [3.8, 4) is 0 Å². The summed E-state index contributed by atoms with van der Waals surface area (Å²) in [6.45, 7) is 1.50. The highest BCUT2D eigenvalue weighted by atomic mass is 79.9. The molecule has 0 bridgehead atoms. The van der Waals surface area contributed by atoms with Crippen molar-refractivity contribution in [1.82, 2.24) is 9.80 Å². The summed E-state index contributed by atoms with van der Waals surface area (Å²) in [6, 6.07) is 4.60. The predicted octanol–water partition coefficient (Wildman–Crippen LogP) is 2.75. The molecule has 0 unspecified atom stereocenters. The molecule has 1 aliphatic rings. The number of halogens is 2. The fourth-order valence-corrected chi connectivity index (χ4v) is 2.91. The van der Waals surface area contributed by atoms with Gasteiger partial charge in [0.05, 0.1) is 5.56 Å². The molecule has 1 fully saturated rings. The molecule has 2 rings (SSSR count). The third-order valence-electron chi connectivity index (χ3n) is 3.58. The van der Waals surface area contributed by atoms with Gasteiger partial charge < -0.3 is 9.80 Å². The number of benzene rings is 1. The van der Waals surface area contributed by atoms with E-state index in [1.54, 1.807) is 6.07 Å². The molecule has 0 aliphatic carbocycles. The zero-order valence-corrected chi connectivity index (χ0v) is 12.8. The fourth-order valence-electron chi connectivity index (χ4n) is 2.39. The number of likely N-dealkylation sites (tertiary alicyclic amines) is 1. The molecule has 1 aromatic carbocycles. The number of piperidine rings is 1. The molecule has 0 radical (unpaired) electrons. The van der Waals surface area contributed by atoms with E-state index in [1.165, 1.54) is 12.1 Å². The second-order valence-corrected chi connectivity index (χ2v) is 5.99. The summed E-state index contributed by atoms with van der Waals surface area (Å²) in [5.74, 6) is -0.369. The summed E-state index contributed by atoms with van der Waals surface area (Å²) < 4.78 is 13.6. The summed E-state index contributed by atoms with van der Waals surface area (Å²) in [7, 11) is 4.07. The lowest BCUT2D eigenvalue weighted by atomic mass is 10.0. The van der Waals surface area contributed by atoms with Crippen LogP contribution in [0, 0.1) is 5.82 Å². The molecule has 19 heavy (non-hydrogen) atoms. The van der Waals surface area contributed by atoms with Gasteiger partial charge in [-0.1, -0.05) is 0 Å². The molecule has 1 saturated heterocycles. The molecule has 0 aromatic heterocycles. The van der Waals surface area contributed by atoms with E-state index in [4.69, 9.17) is 0 Å². The first-order valence-electron chi connectivity index (χ1n) is 6.40. The van der Waals surface area contributed by atoms with Crippen LogP contribution in [0.1, 0.15) is 23.2 Å². The van der Waals surface area contributed by atoms with E-state index in [2.05, 4.69) is 20.8 Å². The highest BCUT2D eigenvalue weighted by molar-refractivity contribution is 9.10. The lowest BCUT2D eigenvalue weighted by molar-refractivity contribution is 0.0634. The van der Waals surface area contributed by atoms with E-state index in [0.717, 1.165) is 25.9 Å². The van der Waals surface area contributed by atoms with Crippen LogP contribution in [-0.2, 0) is 0 Å². The Labute approximate surface area is 121 Å². The van der Waals surface area contributed by atoms with Gasteiger partial charge in [0.2, 0.25) is 0 Å². The highest BCUT2D eigenvalue weighted by Crippen LogP contribution is 2.22. The van der Waals surface area contributed by atoms with E-state index in [9.17, 15) is 9.18 Å². The van der Waals surface area contributed by atoms with Gasteiger partial charge in [-0.25, -0.2) is 4.39 Å². The number of carbonyl (C=O) groups excluding carboxylic acids is 1. The quantitative estimate of drug-likeness (QED) is 0.833. The van der Waals surface area contributed by atoms with Crippen molar-refractivity contribution in [1.29, 1.82) is 0 Å². The Morgan fingerprint density at radius 1 is 1.47 bits per heavy atom. The SMILES string of the molecule is CN(C)[C@@H]1CCCN(C(=O)c2ccc(F)cc2Br)C1. The molecule has 1 aromatic rings. The van der Waals surface area contributed by atoms with Crippen molar-refractivity contribution in [3.63, 3.8) is 0 Å². The predicted molar refractivity (Wildman–Crippen MR) is 76.7 cm³/mol. The van der Waals surface area contributed by atoms with E-state index in [1.807, 2.05) is 19.0 Å². The molecule has 1 heterocycles. The first-order chi connectivity index (χ1) is 8.99. The van der Waals surface area contributed by atoms with E-state index < -0.39 is 0 Å². The minimum Gasteiger partial charge on any atom is -0.337 e. The second kappa shape index (κ2) is 6.01. The Morgan fingerprint density at radius 3 is 2.84 bits per heavy atom. The first kappa shape index (κ1) is 14.5. The summed E-state index contributed by atoms with van der Waals surface area (Å²) in [5.41, 5.74) is 0.529. The van der Waals surface area contributed by atoms with Gasteiger partial charge in [0, 0.05) is 23.6 Å². The molecule has 0 spiro atoms. The Bertz CT molecular complexity index is 479. The van der Waals surface area contributed by atoms with Crippen molar-refractivity contribution in [3.05, 3.63) is 34.1 Å². The zero-order valence-electron chi connectivity index (χ0n) is 11.2. The number of hydrogen-bond donors (Lipinski definition) is 0. The molecule has 1 aliphatic heterocycles. The maximum atomic E-state index is 13.1. The zero-order chi connectivity index (χ0) is 14.0. The van der Waals surface area contributed by atoms with Gasteiger partial charge in [0.1, 0.15) is 5.82 Å². The van der Waals surface area contributed by atoms with Crippen LogP contribution in [0.5, 0.6) is 0 Å². The van der Waals surface area contributed by atoms with Gasteiger partial charge in [-0.05, 0) is 61.1 Å². The molecule has 1 amide bonds. The van der Waals surface area contributed by atoms with Crippen LogP contribution in [0.4, 0.5) is 4.39 Å². The molecular formula is C14H18BrFN2O. The molecule has 5 heteroatoms. The first-order valence-corrected chi connectivity index (χ1v) is 7.19. The number of amides is 1. The number of rotatable bonds is 2. The average Bonchev–Trinajstić information content (AvgIpc) is 2.38. The third-order valence-corrected chi connectivity index (χ3v) is 4.23. The van der Waals surface area contributed by atoms with Gasteiger partial charge in [0.15, 0.2) is 0 Å². The van der Waals surface area contributed by atoms with Crippen LogP contribution in [0.15, 0.2) is 22.7 Å². The van der Waals surface area contributed by atoms with Crippen molar-refractivity contribution in [2.75, 3.05) is 27.2 Å². The van der Waals surface area contributed by atoms with Crippen LogP contribution in [0.2, 0.25) is 0 Å². The van der Waals surface area contributed by atoms with Gasteiger partial charge >= 0.3 is 0 Å². The van der Waals surface area contributed by atoms with Crippen LogP contribution >= 0.6 is 15.9 Å². The largest absolute Gasteiger partial charge is 0.337 e. The minimum absolute atomic E-state index is 0.0292. The molecule has 3 nitrogen and oxygen atoms in total. The lowest BCUT2D eigenvalue weighted by Crippen LogP contribution is -2.47. The van der Waals surface area contributed by atoms with E-state index >= 15 is 0 Å². The summed E-state index contributed by atoms with van der Waals surface area (Å²) in [6.07, 6.45) is 2.12. The van der Waals surface area contributed by atoms with Gasteiger partial charge in [-0.3, -0.25) is 4.79 Å².